The minimum absolute atomic E-state index is 0.336. The molecule has 3 aromatic rings. The summed E-state index contributed by atoms with van der Waals surface area (Å²) in [5.41, 5.74) is 3.45. The minimum Gasteiger partial charge on any atom is -0.490 e. The smallest absolute Gasteiger partial charge is 0.161 e. The van der Waals surface area contributed by atoms with Crippen molar-refractivity contribution in [3.05, 3.63) is 94.5 Å². The normalized spacial score (nSPS) is 11.8. The molecule has 1 N–H and O–H groups in total. The van der Waals surface area contributed by atoms with Crippen molar-refractivity contribution in [3.8, 4) is 11.5 Å². The van der Waals surface area contributed by atoms with Crippen molar-refractivity contribution < 1.29 is 9.47 Å². The highest BCUT2D eigenvalue weighted by Gasteiger charge is 2.12. The molecule has 0 aromatic heterocycles. The molecule has 3 aromatic carbocycles. The Kier molecular flexibility index (Phi) is 8.61. The van der Waals surface area contributed by atoms with E-state index in [0.717, 1.165) is 36.4 Å². The first-order valence-corrected chi connectivity index (χ1v) is 11.0. The van der Waals surface area contributed by atoms with Crippen molar-refractivity contribution in [2.24, 2.45) is 0 Å². The van der Waals surface area contributed by atoms with Crippen LogP contribution in [0.4, 0.5) is 0 Å². The molecular weight excluding hydrogens is 394 g/mol. The molecule has 0 spiro atoms. The summed E-state index contributed by atoms with van der Waals surface area (Å²) >= 11 is 6.24. The van der Waals surface area contributed by atoms with Crippen molar-refractivity contribution in [2.75, 3.05) is 6.61 Å². The van der Waals surface area contributed by atoms with Crippen LogP contribution in [0.5, 0.6) is 11.5 Å². The van der Waals surface area contributed by atoms with Gasteiger partial charge in [-0.15, -0.1) is 0 Å². The van der Waals surface area contributed by atoms with E-state index in [1.54, 1.807) is 0 Å². The van der Waals surface area contributed by atoms with Gasteiger partial charge in [0.25, 0.3) is 0 Å². The Balaban J connectivity index is 1.68. The van der Waals surface area contributed by atoms with E-state index in [4.69, 9.17) is 21.1 Å². The first kappa shape index (κ1) is 22.2. The van der Waals surface area contributed by atoms with Gasteiger partial charge in [-0.2, -0.15) is 0 Å². The van der Waals surface area contributed by atoms with Crippen molar-refractivity contribution in [3.63, 3.8) is 0 Å². The molecule has 1 unspecified atom stereocenters. The number of hydrogen-bond acceptors (Lipinski definition) is 3. The maximum absolute atomic E-state index is 6.24. The second-order valence-electron chi connectivity index (χ2n) is 7.23. The van der Waals surface area contributed by atoms with Gasteiger partial charge in [0.15, 0.2) is 11.5 Å². The van der Waals surface area contributed by atoms with Gasteiger partial charge in [-0.25, -0.2) is 0 Å². The van der Waals surface area contributed by atoms with Crippen molar-refractivity contribution in [1.82, 2.24) is 5.32 Å². The molecule has 0 saturated carbocycles. The first-order chi connectivity index (χ1) is 14.7. The van der Waals surface area contributed by atoms with Crippen LogP contribution in [0, 0.1) is 0 Å². The summed E-state index contributed by atoms with van der Waals surface area (Å²) in [5, 5.41) is 4.40. The third kappa shape index (κ3) is 6.25. The molecule has 158 valence electrons. The molecule has 0 amide bonds. The summed E-state index contributed by atoms with van der Waals surface area (Å²) in [6.07, 6.45) is 2.23. The van der Waals surface area contributed by atoms with E-state index in [0.29, 0.717) is 24.3 Å². The Hall–Kier alpha value is -2.49. The highest BCUT2D eigenvalue weighted by atomic mass is 35.5. The molecule has 1 atom stereocenters. The van der Waals surface area contributed by atoms with Gasteiger partial charge in [-0.3, -0.25) is 0 Å². The number of ether oxygens (including phenoxy) is 2. The quantitative estimate of drug-likeness (QED) is 0.362. The van der Waals surface area contributed by atoms with E-state index < -0.39 is 0 Å². The standard InChI is InChI=1S/C26H30ClNO2/c1-3-10-24(21-11-6-5-7-12-21)28-18-20-15-16-25(26(17-20)29-4-2)30-19-22-13-8-9-14-23(22)27/h5-9,11-17,24,28H,3-4,10,18-19H2,1-2H3. The van der Waals surface area contributed by atoms with E-state index in [-0.39, 0.29) is 0 Å². The zero-order chi connectivity index (χ0) is 21.2. The lowest BCUT2D eigenvalue weighted by atomic mass is 10.0. The number of hydrogen-bond donors (Lipinski definition) is 1. The first-order valence-electron chi connectivity index (χ1n) is 10.6. The Morgan fingerprint density at radius 2 is 1.63 bits per heavy atom. The van der Waals surface area contributed by atoms with Crippen LogP contribution in [0.2, 0.25) is 5.02 Å². The molecule has 0 saturated heterocycles. The average molecular weight is 424 g/mol. The third-order valence-electron chi connectivity index (χ3n) is 4.98. The minimum atomic E-state index is 0.336. The monoisotopic (exact) mass is 423 g/mol. The average Bonchev–Trinajstić information content (AvgIpc) is 2.78. The number of benzene rings is 3. The zero-order valence-electron chi connectivity index (χ0n) is 17.7. The van der Waals surface area contributed by atoms with Gasteiger partial charge in [0.05, 0.1) is 6.61 Å². The maximum Gasteiger partial charge on any atom is 0.161 e. The van der Waals surface area contributed by atoms with Crippen LogP contribution in [0.15, 0.2) is 72.8 Å². The number of halogens is 1. The van der Waals surface area contributed by atoms with Crippen molar-refractivity contribution >= 4 is 11.6 Å². The lowest BCUT2D eigenvalue weighted by molar-refractivity contribution is 0.269. The summed E-state index contributed by atoms with van der Waals surface area (Å²) in [6.45, 7) is 5.96. The highest BCUT2D eigenvalue weighted by molar-refractivity contribution is 6.31. The van der Waals surface area contributed by atoms with Crippen molar-refractivity contribution in [1.29, 1.82) is 0 Å². The van der Waals surface area contributed by atoms with Crippen LogP contribution in [-0.2, 0) is 13.2 Å². The van der Waals surface area contributed by atoms with Gasteiger partial charge in [-0.05, 0) is 42.7 Å². The number of nitrogens with one attached hydrogen (secondary N) is 1. The zero-order valence-corrected chi connectivity index (χ0v) is 18.5. The Morgan fingerprint density at radius 1 is 0.867 bits per heavy atom. The third-order valence-corrected chi connectivity index (χ3v) is 5.35. The van der Waals surface area contributed by atoms with Crippen molar-refractivity contribution in [2.45, 2.75) is 45.9 Å². The van der Waals surface area contributed by atoms with E-state index in [2.05, 4.69) is 54.7 Å². The fourth-order valence-electron chi connectivity index (χ4n) is 3.42. The fourth-order valence-corrected chi connectivity index (χ4v) is 3.61. The van der Waals surface area contributed by atoms with Crippen LogP contribution in [-0.4, -0.2) is 6.61 Å². The molecule has 0 bridgehead atoms. The van der Waals surface area contributed by atoms with Gasteiger partial charge in [-0.1, -0.05) is 79.5 Å². The number of rotatable bonds is 11. The van der Waals surface area contributed by atoms with E-state index >= 15 is 0 Å². The highest BCUT2D eigenvalue weighted by Crippen LogP contribution is 2.30. The lowest BCUT2D eigenvalue weighted by Crippen LogP contribution is -2.20. The van der Waals surface area contributed by atoms with Gasteiger partial charge in [0.2, 0.25) is 0 Å². The van der Waals surface area contributed by atoms with Crippen LogP contribution < -0.4 is 14.8 Å². The molecule has 4 heteroatoms. The summed E-state index contributed by atoms with van der Waals surface area (Å²) in [6, 6.07) is 24.8. The predicted octanol–water partition coefficient (Wildman–Crippen LogP) is 6.95. The second-order valence-corrected chi connectivity index (χ2v) is 7.63. The van der Waals surface area contributed by atoms with E-state index in [1.807, 2.05) is 37.3 Å². The molecule has 0 radical (unpaired) electrons. The molecular formula is C26H30ClNO2. The Labute approximate surface area is 185 Å². The summed E-state index contributed by atoms with van der Waals surface area (Å²) in [4.78, 5) is 0. The molecule has 3 rings (SSSR count). The van der Waals surface area contributed by atoms with Crippen LogP contribution in [0.25, 0.3) is 0 Å². The Morgan fingerprint density at radius 3 is 2.37 bits per heavy atom. The van der Waals surface area contributed by atoms with Crippen LogP contribution >= 0.6 is 11.6 Å². The molecule has 0 aliphatic rings. The van der Waals surface area contributed by atoms with E-state index in [1.165, 1.54) is 11.1 Å². The summed E-state index contributed by atoms with van der Waals surface area (Å²) < 4.78 is 11.9. The van der Waals surface area contributed by atoms with Gasteiger partial charge in [0.1, 0.15) is 6.61 Å². The Bertz CT molecular complexity index is 914. The van der Waals surface area contributed by atoms with Crippen LogP contribution in [0.3, 0.4) is 0 Å². The summed E-state index contributed by atoms with van der Waals surface area (Å²) in [7, 11) is 0. The lowest BCUT2D eigenvalue weighted by Gasteiger charge is -2.19. The summed E-state index contributed by atoms with van der Waals surface area (Å²) in [5.74, 6) is 1.49. The fraction of sp³-hybridized carbons (Fsp3) is 0.308. The molecule has 0 aliphatic heterocycles. The predicted molar refractivity (Wildman–Crippen MR) is 124 cm³/mol. The van der Waals surface area contributed by atoms with Crippen LogP contribution in [0.1, 0.15) is 49.4 Å². The molecule has 30 heavy (non-hydrogen) atoms. The van der Waals surface area contributed by atoms with Gasteiger partial charge in [0, 0.05) is 23.2 Å². The second kappa shape index (κ2) is 11.6. The molecule has 0 aliphatic carbocycles. The van der Waals surface area contributed by atoms with Gasteiger partial charge < -0.3 is 14.8 Å². The molecule has 3 nitrogen and oxygen atoms in total. The van der Waals surface area contributed by atoms with E-state index in [9.17, 15) is 0 Å². The SMILES string of the molecule is CCCC(NCc1ccc(OCc2ccccc2Cl)c(OCC)c1)c1ccccc1. The largest absolute Gasteiger partial charge is 0.490 e. The topological polar surface area (TPSA) is 30.5 Å². The maximum atomic E-state index is 6.24. The molecule has 0 fully saturated rings. The molecule has 0 heterocycles. The van der Waals surface area contributed by atoms with Gasteiger partial charge >= 0.3 is 0 Å².